The Morgan fingerprint density at radius 2 is 1.44 bits per heavy atom. The second kappa shape index (κ2) is 11.8. The zero-order valence-corrected chi connectivity index (χ0v) is 23.2. The number of para-hydroxylation sites is 1. The molecule has 4 aromatic carbocycles. The number of amides is 1. The first-order chi connectivity index (χ1) is 19.9. The third kappa shape index (κ3) is 5.67. The maximum absolute atomic E-state index is 12.9. The van der Waals surface area contributed by atoms with Crippen molar-refractivity contribution in [2.75, 3.05) is 19.5 Å². The van der Waals surface area contributed by atoms with Crippen LogP contribution in [-0.2, 0) is 4.79 Å². The number of benzene rings is 4. The molecule has 1 aromatic heterocycles. The lowest BCUT2D eigenvalue weighted by atomic mass is 10.0. The largest absolute Gasteiger partial charge is 0.493 e. The maximum atomic E-state index is 12.9. The highest BCUT2D eigenvalue weighted by atomic mass is 16.5. The lowest BCUT2D eigenvalue weighted by Crippen LogP contribution is -2.13. The molecule has 8 heteroatoms. The third-order valence-corrected chi connectivity index (χ3v) is 6.56. The van der Waals surface area contributed by atoms with Crippen LogP contribution in [0.5, 0.6) is 17.4 Å². The number of esters is 1. The van der Waals surface area contributed by atoms with Crippen molar-refractivity contribution >= 4 is 17.6 Å². The van der Waals surface area contributed by atoms with Crippen LogP contribution in [0.4, 0.5) is 5.69 Å². The Hall–Kier alpha value is -5.37. The zero-order chi connectivity index (χ0) is 28.9. The molecule has 206 valence electrons. The Labute approximate surface area is 238 Å². The number of carbonyl (C=O) groups excluding carboxylic acids is 2. The highest BCUT2D eigenvalue weighted by Crippen LogP contribution is 2.43. The summed E-state index contributed by atoms with van der Waals surface area (Å²) in [7, 11) is 3.14. The molecule has 0 aliphatic heterocycles. The molecule has 0 saturated heterocycles. The number of ether oxygens (including phenoxy) is 3. The van der Waals surface area contributed by atoms with Crippen LogP contribution in [0.2, 0.25) is 0 Å². The van der Waals surface area contributed by atoms with Crippen molar-refractivity contribution in [1.29, 1.82) is 0 Å². The quantitative estimate of drug-likeness (QED) is 0.217. The Kier molecular flexibility index (Phi) is 7.83. The molecule has 41 heavy (non-hydrogen) atoms. The van der Waals surface area contributed by atoms with Crippen LogP contribution in [-0.4, -0.2) is 35.9 Å². The molecule has 1 N–H and O–H groups in total. The van der Waals surface area contributed by atoms with Crippen molar-refractivity contribution in [3.63, 3.8) is 0 Å². The number of rotatable bonds is 8. The lowest BCUT2D eigenvalue weighted by molar-refractivity contribution is -0.132. The average Bonchev–Trinajstić information content (AvgIpc) is 3.36. The number of hydrogen-bond donors (Lipinski definition) is 1. The van der Waals surface area contributed by atoms with Crippen LogP contribution < -0.4 is 19.5 Å². The van der Waals surface area contributed by atoms with Gasteiger partial charge in [0.1, 0.15) is 5.69 Å². The number of carbonyl (C=O) groups is 2. The molecule has 0 saturated carbocycles. The predicted octanol–water partition coefficient (Wildman–Crippen LogP) is 6.71. The zero-order valence-electron chi connectivity index (χ0n) is 23.2. The maximum Gasteiger partial charge on any atom is 0.309 e. The minimum absolute atomic E-state index is 0.195. The normalized spacial score (nSPS) is 10.6. The van der Waals surface area contributed by atoms with Crippen molar-refractivity contribution < 1.29 is 23.8 Å². The van der Waals surface area contributed by atoms with Crippen molar-refractivity contribution in [1.82, 2.24) is 9.78 Å². The summed E-state index contributed by atoms with van der Waals surface area (Å²) in [5.41, 5.74) is 5.49. The molecule has 5 rings (SSSR count). The van der Waals surface area contributed by atoms with Gasteiger partial charge < -0.3 is 19.5 Å². The summed E-state index contributed by atoms with van der Waals surface area (Å²) in [5.74, 6) is 0.705. The minimum atomic E-state index is -0.482. The monoisotopic (exact) mass is 547 g/mol. The number of nitrogens with one attached hydrogen (secondary N) is 1. The van der Waals surface area contributed by atoms with Gasteiger partial charge in [-0.15, -0.1) is 0 Å². The molecular formula is C33H29N3O5. The molecule has 0 bridgehead atoms. The topological polar surface area (TPSA) is 91.7 Å². The van der Waals surface area contributed by atoms with Crippen molar-refractivity contribution in [2.45, 2.75) is 13.8 Å². The van der Waals surface area contributed by atoms with Gasteiger partial charge in [0.2, 0.25) is 5.88 Å². The highest BCUT2D eigenvalue weighted by molar-refractivity contribution is 6.05. The average molecular weight is 548 g/mol. The van der Waals surface area contributed by atoms with E-state index in [1.165, 1.54) is 6.92 Å². The number of hydrogen-bond acceptors (Lipinski definition) is 6. The molecule has 0 fully saturated rings. The van der Waals surface area contributed by atoms with Gasteiger partial charge in [0.05, 0.1) is 25.5 Å². The minimum Gasteiger partial charge on any atom is -0.493 e. The van der Waals surface area contributed by atoms with Gasteiger partial charge in [-0.3, -0.25) is 9.59 Å². The highest BCUT2D eigenvalue weighted by Gasteiger charge is 2.25. The van der Waals surface area contributed by atoms with Crippen molar-refractivity contribution in [3.8, 4) is 45.5 Å². The van der Waals surface area contributed by atoms with Crippen LogP contribution in [0, 0.1) is 6.92 Å². The number of aromatic nitrogens is 2. The van der Waals surface area contributed by atoms with Gasteiger partial charge in [-0.2, -0.15) is 9.78 Å². The molecule has 1 amide bonds. The van der Waals surface area contributed by atoms with E-state index in [-0.39, 0.29) is 11.8 Å². The lowest BCUT2D eigenvalue weighted by Gasteiger charge is -2.12. The van der Waals surface area contributed by atoms with Gasteiger partial charge >= 0.3 is 5.97 Å². The van der Waals surface area contributed by atoms with Gasteiger partial charge in [-0.05, 0) is 66.6 Å². The standard InChI is InChI=1S/C33H29N3O5/c1-21-10-8-9-13-27(21)32(38)34-25-17-14-23(15-18-25)30-31(24-16-19-28(39-3)29(20-24)40-4)35-36(33(30)41-22(2)37)26-11-6-5-7-12-26/h5-20H,1-4H3,(H,34,38). The molecule has 0 unspecified atom stereocenters. The van der Waals surface area contributed by atoms with Crippen LogP contribution in [0.1, 0.15) is 22.8 Å². The summed E-state index contributed by atoms with van der Waals surface area (Å²) in [6.45, 7) is 3.25. The van der Waals surface area contributed by atoms with Gasteiger partial charge in [0.15, 0.2) is 11.5 Å². The fourth-order valence-electron chi connectivity index (χ4n) is 4.57. The van der Waals surface area contributed by atoms with E-state index in [9.17, 15) is 9.59 Å². The van der Waals surface area contributed by atoms with E-state index in [4.69, 9.17) is 19.3 Å². The fourth-order valence-corrected chi connectivity index (χ4v) is 4.57. The van der Waals surface area contributed by atoms with Gasteiger partial charge in [-0.1, -0.05) is 48.5 Å². The second-order valence-corrected chi connectivity index (χ2v) is 9.29. The van der Waals surface area contributed by atoms with Gasteiger partial charge in [0.25, 0.3) is 5.91 Å². The molecule has 0 aliphatic rings. The molecule has 8 nitrogen and oxygen atoms in total. The van der Waals surface area contributed by atoms with Crippen LogP contribution in [0.3, 0.4) is 0 Å². The number of anilines is 1. The Morgan fingerprint density at radius 3 is 2.10 bits per heavy atom. The van der Waals surface area contributed by atoms with E-state index in [0.29, 0.717) is 34.0 Å². The van der Waals surface area contributed by atoms with Crippen LogP contribution in [0.25, 0.3) is 28.1 Å². The van der Waals surface area contributed by atoms with Gasteiger partial charge in [-0.25, -0.2) is 0 Å². The number of nitrogens with zero attached hydrogens (tertiary/aromatic N) is 2. The van der Waals surface area contributed by atoms with E-state index in [2.05, 4.69) is 5.32 Å². The first-order valence-electron chi connectivity index (χ1n) is 13.0. The summed E-state index contributed by atoms with van der Waals surface area (Å²) in [4.78, 5) is 25.2. The van der Waals surface area contributed by atoms with E-state index in [1.807, 2.05) is 79.7 Å². The molecule has 0 radical (unpaired) electrons. The first kappa shape index (κ1) is 27.2. The fraction of sp³-hybridized carbons (Fsp3) is 0.121. The summed E-state index contributed by atoms with van der Waals surface area (Å²) in [6, 6.07) is 29.7. The number of aryl methyl sites for hydroxylation is 1. The predicted molar refractivity (Wildman–Crippen MR) is 158 cm³/mol. The molecule has 0 aliphatic carbocycles. The molecule has 0 spiro atoms. The summed E-state index contributed by atoms with van der Waals surface area (Å²) >= 11 is 0. The molecule has 1 heterocycles. The van der Waals surface area contributed by atoms with Crippen LogP contribution >= 0.6 is 0 Å². The smallest absolute Gasteiger partial charge is 0.309 e. The first-order valence-corrected chi connectivity index (χ1v) is 13.0. The SMILES string of the molecule is COc1ccc(-c2nn(-c3ccccc3)c(OC(C)=O)c2-c2ccc(NC(=O)c3ccccc3C)cc2)cc1OC. The molecular weight excluding hydrogens is 518 g/mol. The number of methoxy groups -OCH3 is 2. The second-order valence-electron chi connectivity index (χ2n) is 9.29. The summed E-state index contributed by atoms with van der Waals surface area (Å²) in [5, 5.41) is 7.86. The molecule has 5 aromatic rings. The van der Waals surface area contributed by atoms with E-state index < -0.39 is 5.97 Å². The van der Waals surface area contributed by atoms with Crippen LogP contribution in [0.15, 0.2) is 97.1 Å². The third-order valence-electron chi connectivity index (χ3n) is 6.56. The Bertz CT molecular complexity index is 1710. The van der Waals surface area contributed by atoms with Crippen molar-refractivity contribution in [2.24, 2.45) is 0 Å². The Balaban J connectivity index is 1.63. The van der Waals surface area contributed by atoms with E-state index in [1.54, 1.807) is 43.2 Å². The van der Waals surface area contributed by atoms with Crippen molar-refractivity contribution in [3.05, 3.63) is 108 Å². The van der Waals surface area contributed by atoms with E-state index in [0.717, 1.165) is 22.4 Å². The van der Waals surface area contributed by atoms with E-state index >= 15 is 0 Å². The summed E-state index contributed by atoms with van der Waals surface area (Å²) < 4.78 is 18.4. The van der Waals surface area contributed by atoms with Gasteiger partial charge in [0, 0.05) is 23.7 Å². The summed E-state index contributed by atoms with van der Waals surface area (Å²) in [6.07, 6.45) is 0. The Morgan fingerprint density at radius 1 is 0.780 bits per heavy atom. The molecule has 0 atom stereocenters.